The van der Waals surface area contributed by atoms with Crippen molar-refractivity contribution in [3.8, 4) is 28.7 Å². The van der Waals surface area contributed by atoms with Crippen LogP contribution in [0.1, 0.15) is 21.5 Å². The van der Waals surface area contributed by atoms with E-state index in [9.17, 15) is 9.59 Å². The molecule has 0 aliphatic carbocycles. The average Bonchev–Trinajstić information content (AvgIpc) is 3.13. The van der Waals surface area contributed by atoms with Crippen molar-refractivity contribution in [2.45, 2.75) is 6.42 Å². The highest BCUT2D eigenvalue weighted by atomic mass is 16.5. The maximum absolute atomic E-state index is 12.8. The number of allylic oxidation sites excluding steroid dienone is 1. The zero-order valence-electron chi connectivity index (χ0n) is 18.4. The Morgan fingerprint density at radius 2 is 1.61 bits per heavy atom. The Kier molecular flexibility index (Phi) is 6.31. The number of ketones is 1. The van der Waals surface area contributed by atoms with Crippen LogP contribution < -0.4 is 23.7 Å². The number of esters is 1. The van der Waals surface area contributed by atoms with Crippen molar-refractivity contribution < 1.29 is 33.3 Å². The molecule has 0 radical (unpaired) electrons. The summed E-state index contributed by atoms with van der Waals surface area (Å²) in [5.74, 6) is 1.44. The van der Waals surface area contributed by atoms with Gasteiger partial charge < -0.3 is 23.7 Å². The number of methoxy groups -OCH3 is 3. The number of hydrogen-bond donors (Lipinski definition) is 0. The van der Waals surface area contributed by atoms with E-state index in [1.807, 2.05) is 30.3 Å². The van der Waals surface area contributed by atoms with Gasteiger partial charge >= 0.3 is 5.97 Å². The van der Waals surface area contributed by atoms with Gasteiger partial charge in [-0.2, -0.15) is 0 Å². The van der Waals surface area contributed by atoms with E-state index in [1.54, 1.807) is 30.3 Å². The molecule has 1 heterocycles. The minimum absolute atomic E-state index is 0.132. The van der Waals surface area contributed by atoms with Crippen LogP contribution in [0.15, 0.2) is 66.4 Å². The Balaban J connectivity index is 1.54. The molecule has 168 valence electrons. The van der Waals surface area contributed by atoms with Crippen LogP contribution in [0.4, 0.5) is 0 Å². The molecular formula is C26H22O7. The van der Waals surface area contributed by atoms with Crippen molar-refractivity contribution in [2.75, 3.05) is 21.3 Å². The van der Waals surface area contributed by atoms with Crippen molar-refractivity contribution in [3.63, 3.8) is 0 Å². The third-order valence-electron chi connectivity index (χ3n) is 5.05. The largest absolute Gasteiger partial charge is 0.493 e. The molecular weight excluding hydrogens is 424 g/mol. The second-order valence-electron chi connectivity index (χ2n) is 7.19. The number of carbonyl (C=O) groups is 2. The van der Waals surface area contributed by atoms with Crippen LogP contribution in [-0.2, 0) is 11.2 Å². The van der Waals surface area contributed by atoms with Crippen LogP contribution in [-0.4, -0.2) is 33.1 Å². The number of carbonyl (C=O) groups excluding carboxylic acids is 2. The molecule has 0 saturated carbocycles. The molecule has 7 heteroatoms. The molecule has 0 N–H and O–H groups in total. The summed E-state index contributed by atoms with van der Waals surface area (Å²) in [6.07, 6.45) is 1.73. The van der Waals surface area contributed by atoms with Gasteiger partial charge in [0.05, 0.1) is 33.3 Å². The van der Waals surface area contributed by atoms with Gasteiger partial charge in [0.2, 0.25) is 11.5 Å². The van der Waals surface area contributed by atoms with Crippen molar-refractivity contribution in [3.05, 3.63) is 83.1 Å². The van der Waals surface area contributed by atoms with Gasteiger partial charge in [-0.1, -0.05) is 30.3 Å². The highest BCUT2D eigenvalue weighted by Crippen LogP contribution is 2.40. The molecule has 0 spiro atoms. The predicted octanol–water partition coefficient (Wildman–Crippen LogP) is 4.48. The molecule has 3 aromatic rings. The summed E-state index contributed by atoms with van der Waals surface area (Å²) in [4.78, 5) is 25.1. The van der Waals surface area contributed by atoms with Gasteiger partial charge in [-0.15, -0.1) is 0 Å². The number of rotatable bonds is 7. The molecule has 0 amide bonds. The molecule has 0 unspecified atom stereocenters. The molecule has 3 aromatic carbocycles. The number of fused-ring (bicyclic) bond motifs is 1. The van der Waals surface area contributed by atoms with E-state index >= 15 is 0 Å². The lowest BCUT2D eigenvalue weighted by Crippen LogP contribution is -2.11. The Morgan fingerprint density at radius 3 is 2.24 bits per heavy atom. The average molecular weight is 446 g/mol. The van der Waals surface area contributed by atoms with Crippen LogP contribution in [0.5, 0.6) is 28.7 Å². The number of benzene rings is 3. The Hall–Kier alpha value is -4.26. The van der Waals surface area contributed by atoms with E-state index in [-0.39, 0.29) is 18.0 Å². The number of hydrogen-bond acceptors (Lipinski definition) is 7. The third-order valence-corrected chi connectivity index (χ3v) is 5.05. The zero-order valence-corrected chi connectivity index (χ0v) is 18.4. The van der Waals surface area contributed by atoms with Crippen LogP contribution in [0.3, 0.4) is 0 Å². The SMILES string of the molecule is COc1cc(/C=C2\Oc3cc(OC(=O)Cc4ccccc4)ccc3C2=O)cc(OC)c1OC. The molecule has 0 aromatic heterocycles. The van der Waals surface area contributed by atoms with Gasteiger partial charge in [0.15, 0.2) is 17.3 Å². The molecule has 1 aliphatic heterocycles. The lowest BCUT2D eigenvalue weighted by molar-refractivity contribution is -0.133. The summed E-state index contributed by atoms with van der Waals surface area (Å²) in [6, 6.07) is 17.4. The summed E-state index contributed by atoms with van der Waals surface area (Å²) in [5.41, 5.74) is 1.87. The normalized spacial score (nSPS) is 13.3. The standard InChI is InChI=1S/C26H22O7/c1-29-22-12-17(13-23(30-2)26(22)31-3)11-21-25(28)19-10-9-18(15-20(19)33-21)32-24(27)14-16-7-5-4-6-8-16/h4-13,15H,14H2,1-3H3/b21-11-. The van der Waals surface area contributed by atoms with Crippen LogP contribution in [0.2, 0.25) is 0 Å². The maximum Gasteiger partial charge on any atom is 0.315 e. The number of Topliss-reactive ketones (excluding diaryl/α,β-unsaturated/α-hetero) is 1. The highest BCUT2D eigenvalue weighted by Gasteiger charge is 2.28. The van der Waals surface area contributed by atoms with Crippen LogP contribution >= 0.6 is 0 Å². The van der Waals surface area contributed by atoms with E-state index in [4.69, 9.17) is 23.7 Å². The topological polar surface area (TPSA) is 80.3 Å². The first-order valence-corrected chi connectivity index (χ1v) is 10.1. The highest BCUT2D eigenvalue weighted by molar-refractivity contribution is 6.14. The predicted molar refractivity (Wildman–Crippen MR) is 121 cm³/mol. The Morgan fingerprint density at radius 1 is 0.909 bits per heavy atom. The molecule has 33 heavy (non-hydrogen) atoms. The van der Waals surface area contributed by atoms with Gasteiger partial charge in [0, 0.05) is 6.07 Å². The number of ether oxygens (including phenoxy) is 5. The van der Waals surface area contributed by atoms with Gasteiger partial charge in [0.1, 0.15) is 11.5 Å². The van der Waals surface area contributed by atoms with Crippen molar-refractivity contribution in [1.82, 2.24) is 0 Å². The quantitative estimate of drug-likeness (QED) is 0.301. The zero-order chi connectivity index (χ0) is 23.4. The van der Waals surface area contributed by atoms with E-state index in [0.29, 0.717) is 39.9 Å². The summed E-state index contributed by atoms with van der Waals surface area (Å²) in [5, 5.41) is 0. The third kappa shape index (κ3) is 4.67. The van der Waals surface area contributed by atoms with Crippen molar-refractivity contribution >= 4 is 17.8 Å². The van der Waals surface area contributed by atoms with Crippen molar-refractivity contribution in [2.24, 2.45) is 0 Å². The second-order valence-corrected chi connectivity index (χ2v) is 7.19. The lowest BCUT2D eigenvalue weighted by Gasteiger charge is -2.13. The van der Waals surface area contributed by atoms with E-state index in [2.05, 4.69) is 0 Å². The minimum Gasteiger partial charge on any atom is -0.493 e. The first-order chi connectivity index (χ1) is 16.0. The molecule has 0 bridgehead atoms. The summed E-state index contributed by atoms with van der Waals surface area (Å²) >= 11 is 0. The summed E-state index contributed by atoms with van der Waals surface area (Å²) < 4.78 is 27.2. The van der Waals surface area contributed by atoms with Crippen LogP contribution in [0, 0.1) is 0 Å². The van der Waals surface area contributed by atoms with Gasteiger partial charge in [0.25, 0.3) is 0 Å². The van der Waals surface area contributed by atoms with E-state index in [1.165, 1.54) is 27.4 Å². The summed E-state index contributed by atoms with van der Waals surface area (Å²) in [7, 11) is 4.55. The first-order valence-electron chi connectivity index (χ1n) is 10.1. The fraction of sp³-hybridized carbons (Fsp3) is 0.154. The molecule has 0 saturated heterocycles. The van der Waals surface area contributed by atoms with Crippen LogP contribution in [0.25, 0.3) is 6.08 Å². The molecule has 4 rings (SSSR count). The van der Waals surface area contributed by atoms with Crippen molar-refractivity contribution in [1.29, 1.82) is 0 Å². The fourth-order valence-corrected chi connectivity index (χ4v) is 3.50. The first kappa shape index (κ1) is 22.0. The fourth-order valence-electron chi connectivity index (χ4n) is 3.50. The molecule has 0 atom stereocenters. The molecule has 7 nitrogen and oxygen atoms in total. The molecule has 1 aliphatic rings. The Labute approximate surface area is 191 Å². The van der Waals surface area contributed by atoms with Gasteiger partial charge in [-0.3, -0.25) is 9.59 Å². The summed E-state index contributed by atoms with van der Waals surface area (Å²) in [6.45, 7) is 0. The lowest BCUT2D eigenvalue weighted by atomic mass is 10.1. The van der Waals surface area contributed by atoms with Gasteiger partial charge in [-0.05, 0) is 41.5 Å². The monoisotopic (exact) mass is 446 g/mol. The Bertz CT molecular complexity index is 1200. The second kappa shape index (κ2) is 9.48. The van der Waals surface area contributed by atoms with E-state index in [0.717, 1.165) is 5.56 Å². The molecule has 0 fully saturated rings. The van der Waals surface area contributed by atoms with E-state index < -0.39 is 5.97 Å². The van der Waals surface area contributed by atoms with Gasteiger partial charge in [-0.25, -0.2) is 0 Å². The smallest absolute Gasteiger partial charge is 0.315 e. The minimum atomic E-state index is -0.404. The maximum atomic E-state index is 12.8.